The molecule has 0 saturated carbocycles. The number of ether oxygens (including phenoxy) is 1. The molecular formula is C17H15ClF2N2O3. The Balaban J connectivity index is 1.67. The summed E-state index contributed by atoms with van der Waals surface area (Å²) >= 11 is 5.73. The summed E-state index contributed by atoms with van der Waals surface area (Å²) in [5, 5.41) is 5.52. The predicted molar refractivity (Wildman–Crippen MR) is 88.6 cm³/mol. The zero-order chi connectivity index (χ0) is 18.2. The minimum Gasteiger partial charge on any atom is -0.484 e. The van der Waals surface area contributed by atoms with Gasteiger partial charge in [0.25, 0.3) is 11.8 Å². The molecule has 2 aromatic rings. The quantitative estimate of drug-likeness (QED) is 0.738. The van der Waals surface area contributed by atoms with E-state index < -0.39 is 17.5 Å². The average molecular weight is 369 g/mol. The third-order valence-electron chi connectivity index (χ3n) is 3.09. The Kier molecular flexibility index (Phi) is 6.71. The second-order valence-corrected chi connectivity index (χ2v) is 5.41. The first-order valence-corrected chi connectivity index (χ1v) is 7.72. The van der Waals surface area contributed by atoms with Crippen molar-refractivity contribution in [1.29, 1.82) is 0 Å². The van der Waals surface area contributed by atoms with Gasteiger partial charge in [-0.2, -0.15) is 0 Å². The molecule has 2 amide bonds. The summed E-state index contributed by atoms with van der Waals surface area (Å²) in [5.74, 6) is -2.28. The van der Waals surface area contributed by atoms with E-state index in [9.17, 15) is 18.4 Å². The Hall–Kier alpha value is -2.67. The van der Waals surface area contributed by atoms with Crippen LogP contribution in [0.15, 0.2) is 42.5 Å². The van der Waals surface area contributed by atoms with E-state index in [0.29, 0.717) is 16.8 Å². The minimum absolute atomic E-state index is 0.0856. The molecule has 0 aliphatic rings. The van der Waals surface area contributed by atoms with Crippen molar-refractivity contribution in [2.24, 2.45) is 0 Å². The van der Waals surface area contributed by atoms with E-state index >= 15 is 0 Å². The Morgan fingerprint density at radius 3 is 2.36 bits per heavy atom. The van der Waals surface area contributed by atoms with Crippen molar-refractivity contribution in [1.82, 2.24) is 10.6 Å². The molecule has 0 radical (unpaired) electrons. The van der Waals surface area contributed by atoms with Crippen LogP contribution in [0, 0.1) is 11.6 Å². The molecule has 0 aliphatic heterocycles. The third kappa shape index (κ3) is 6.04. The summed E-state index contributed by atoms with van der Waals surface area (Å²) < 4.78 is 31.5. The van der Waals surface area contributed by atoms with Crippen LogP contribution in [0.5, 0.6) is 5.75 Å². The molecule has 2 N–H and O–H groups in total. The van der Waals surface area contributed by atoms with Gasteiger partial charge < -0.3 is 15.4 Å². The smallest absolute Gasteiger partial charge is 0.258 e. The Morgan fingerprint density at radius 2 is 1.68 bits per heavy atom. The molecule has 0 spiro atoms. The van der Waals surface area contributed by atoms with Gasteiger partial charge in [0.1, 0.15) is 17.4 Å². The van der Waals surface area contributed by atoms with Crippen LogP contribution in [0.2, 0.25) is 5.02 Å². The Labute approximate surface area is 147 Å². The molecule has 0 fully saturated rings. The van der Waals surface area contributed by atoms with Crippen molar-refractivity contribution in [3.8, 4) is 5.75 Å². The second-order valence-electron chi connectivity index (χ2n) is 4.97. The van der Waals surface area contributed by atoms with Crippen molar-refractivity contribution in [2.75, 3.05) is 19.7 Å². The number of carbonyl (C=O) groups is 2. The zero-order valence-corrected chi connectivity index (χ0v) is 13.8. The van der Waals surface area contributed by atoms with E-state index in [1.165, 1.54) is 0 Å². The molecule has 25 heavy (non-hydrogen) atoms. The van der Waals surface area contributed by atoms with Crippen molar-refractivity contribution in [3.05, 3.63) is 64.7 Å². The molecule has 0 bridgehead atoms. The maximum Gasteiger partial charge on any atom is 0.258 e. The van der Waals surface area contributed by atoms with Crippen molar-refractivity contribution < 1.29 is 23.1 Å². The van der Waals surface area contributed by atoms with Crippen LogP contribution in [0.4, 0.5) is 8.78 Å². The van der Waals surface area contributed by atoms with Gasteiger partial charge in [-0.1, -0.05) is 11.6 Å². The molecule has 0 saturated heterocycles. The highest BCUT2D eigenvalue weighted by molar-refractivity contribution is 6.30. The maximum absolute atomic E-state index is 13.4. The highest BCUT2D eigenvalue weighted by atomic mass is 35.5. The van der Waals surface area contributed by atoms with Gasteiger partial charge in [-0.15, -0.1) is 0 Å². The monoisotopic (exact) mass is 368 g/mol. The first kappa shape index (κ1) is 18.7. The number of carbonyl (C=O) groups excluding carboxylic acids is 2. The number of amides is 2. The lowest BCUT2D eigenvalue weighted by molar-refractivity contribution is -0.123. The zero-order valence-electron chi connectivity index (χ0n) is 13.0. The first-order valence-electron chi connectivity index (χ1n) is 7.34. The molecular weight excluding hydrogens is 354 g/mol. The van der Waals surface area contributed by atoms with Crippen molar-refractivity contribution in [3.63, 3.8) is 0 Å². The predicted octanol–water partition coefficient (Wildman–Crippen LogP) is 2.54. The summed E-state index contributed by atoms with van der Waals surface area (Å²) in [7, 11) is 0. The maximum atomic E-state index is 13.4. The van der Waals surface area contributed by atoms with Crippen molar-refractivity contribution in [2.45, 2.75) is 0 Å². The lowest BCUT2D eigenvalue weighted by atomic mass is 10.2. The van der Waals surface area contributed by atoms with Crippen LogP contribution in [-0.4, -0.2) is 31.5 Å². The van der Waals surface area contributed by atoms with E-state index in [2.05, 4.69) is 10.6 Å². The van der Waals surface area contributed by atoms with Crippen LogP contribution in [-0.2, 0) is 4.79 Å². The lowest BCUT2D eigenvalue weighted by Gasteiger charge is -2.09. The molecule has 5 nitrogen and oxygen atoms in total. The van der Waals surface area contributed by atoms with Gasteiger partial charge in [-0.3, -0.25) is 9.59 Å². The largest absolute Gasteiger partial charge is 0.484 e. The van der Waals surface area contributed by atoms with Crippen LogP contribution >= 0.6 is 11.6 Å². The van der Waals surface area contributed by atoms with Crippen LogP contribution < -0.4 is 15.4 Å². The lowest BCUT2D eigenvalue weighted by Crippen LogP contribution is -2.37. The van der Waals surface area contributed by atoms with E-state index in [0.717, 1.165) is 12.1 Å². The fourth-order valence-corrected chi connectivity index (χ4v) is 2.00. The highest BCUT2D eigenvalue weighted by Crippen LogP contribution is 2.15. The molecule has 0 aromatic heterocycles. The van der Waals surface area contributed by atoms with E-state index in [1.807, 2.05) is 0 Å². The van der Waals surface area contributed by atoms with E-state index in [4.69, 9.17) is 16.3 Å². The van der Waals surface area contributed by atoms with E-state index in [1.54, 1.807) is 24.3 Å². The SMILES string of the molecule is O=C(COc1ccc(Cl)cc1)NCCNC(=O)c1ccc(F)cc1F. The number of benzene rings is 2. The molecule has 2 rings (SSSR count). The number of hydrogen-bond donors (Lipinski definition) is 2. The third-order valence-corrected chi connectivity index (χ3v) is 3.34. The average Bonchev–Trinajstić information content (AvgIpc) is 2.58. The molecule has 8 heteroatoms. The molecule has 2 aromatic carbocycles. The van der Waals surface area contributed by atoms with Crippen molar-refractivity contribution >= 4 is 23.4 Å². The fraction of sp³-hybridized carbons (Fsp3) is 0.176. The molecule has 0 heterocycles. The van der Waals surface area contributed by atoms with Crippen LogP contribution in [0.1, 0.15) is 10.4 Å². The van der Waals surface area contributed by atoms with Gasteiger partial charge in [0.05, 0.1) is 5.56 Å². The van der Waals surface area contributed by atoms with Gasteiger partial charge in [0.2, 0.25) is 0 Å². The van der Waals surface area contributed by atoms with Gasteiger partial charge in [0, 0.05) is 24.2 Å². The summed E-state index contributed by atoms with van der Waals surface area (Å²) in [4.78, 5) is 23.4. The van der Waals surface area contributed by atoms with Gasteiger partial charge in [-0.25, -0.2) is 8.78 Å². The van der Waals surface area contributed by atoms with Crippen LogP contribution in [0.25, 0.3) is 0 Å². The number of halogens is 3. The number of rotatable bonds is 7. The summed E-state index contributed by atoms with van der Waals surface area (Å²) in [6.45, 7) is 0.0296. The highest BCUT2D eigenvalue weighted by Gasteiger charge is 2.12. The standard InChI is InChI=1S/C17H15ClF2N2O3/c18-11-1-4-13(5-2-11)25-10-16(23)21-7-8-22-17(24)14-6-3-12(19)9-15(14)20/h1-6,9H,7-8,10H2,(H,21,23)(H,22,24). The molecule has 0 atom stereocenters. The van der Waals surface area contributed by atoms with Gasteiger partial charge in [0.15, 0.2) is 6.61 Å². The summed E-state index contributed by atoms with van der Waals surface area (Å²) in [6, 6.07) is 9.22. The first-order chi connectivity index (χ1) is 12.0. The normalized spacial score (nSPS) is 10.2. The van der Waals surface area contributed by atoms with Crippen LogP contribution in [0.3, 0.4) is 0 Å². The number of hydrogen-bond acceptors (Lipinski definition) is 3. The molecule has 0 aliphatic carbocycles. The summed E-state index contributed by atoms with van der Waals surface area (Å²) in [6.07, 6.45) is 0. The molecule has 132 valence electrons. The van der Waals surface area contributed by atoms with Gasteiger partial charge in [-0.05, 0) is 36.4 Å². The second kappa shape index (κ2) is 8.98. The fourth-order valence-electron chi connectivity index (χ4n) is 1.88. The topological polar surface area (TPSA) is 67.4 Å². The van der Waals surface area contributed by atoms with Gasteiger partial charge >= 0.3 is 0 Å². The minimum atomic E-state index is -0.946. The van der Waals surface area contributed by atoms with E-state index in [-0.39, 0.29) is 31.2 Å². The Morgan fingerprint density at radius 1 is 1.00 bits per heavy atom. The number of nitrogens with one attached hydrogen (secondary N) is 2. The summed E-state index contributed by atoms with van der Waals surface area (Å²) in [5.41, 5.74) is -0.265. The Bertz CT molecular complexity index is 754. The molecule has 0 unspecified atom stereocenters.